The van der Waals surface area contributed by atoms with Gasteiger partial charge in [-0.3, -0.25) is 4.79 Å². The predicted octanol–water partition coefficient (Wildman–Crippen LogP) is 2.76. The summed E-state index contributed by atoms with van der Waals surface area (Å²) in [7, 11) is 0. The molecule has 76 valence electrons. The van der Waals surface area contributed by atoms with Crippen molar-refractivity contribution in [3.05, 3.63) is 0 Å². The van der Waals surface area contributed by atoms with Crippen molar-refractivity contribution in [3.8, 4) is 0 Å². The van der Waals surface area contributed by atoms with Crippen LogP contribution < -0.4 is 0 Å². The number of hydrogen-bond acceptors (Lipinski definition) is 2. The van der Waals surface area contributed by atoms with Gasteiger partial charge in [-0.15, -0.1) is 0 Å². The second-order valence-corrected chi connectivity index (χ2v) is 5.10. The van der Waals surface area contributed by atoms with Gasteiger partial charge in [-0.05, 0) is 31.6 Å². The first-order chi connectivity index (χ1) is 5.91. The summed E-state index contributed by atoms with van der Waals surface area (Å²) in [5.41, 5.74) is 0.0428. The summed E-state index contributed by atoms with van der Waals surface area (Å²) in [6, 6.07) is 0. The highest BCUT2D eigenvalue weighted by Gasteiger charge is 2.34. The Balaban J connectivity index is 2.69. The molecule has 0 radical (unpaired) electrons. The number of cyclic esters (lactones) is 1. The minimum absolute atomic E-state index is 0.00231. The van der Waals surface area contributed by atoms with Crippen LogP contribution in [-0.2, 0) is 9.53 Å². The average Bonchev–Trinajstić information content (AvgIpc) is 2.08. The zero-order valence-electron chi connectivity index (χ0n) is 9.09. The molecule has 1 rings (SSSR count). The van der Waals surface area contributed by atoms with E-state index in [4.69, 9.17) is 4.74 Å². The predicted molar refractivity (Wildman–Crippen MR) is 52.4 cm³/mol. The Kier molecular flexibility index (Phi) is 2.99. The lowest BCUT2D eigenvalue weighted by atomic mass is 9.78. The van der Waals surface area contributed by atoms with E-state index in [1.54, 1.807) is 0 Å². The van der Waals surface area contributed by atoms with Crippen molar-refractivity contribution in [1.29, 1.82) is 0 Å². The molecular weight excluding hydrogens is 164 g/mol. The van der Waals surface area contributed by atoms with Crippen LogP contribution in [0.3, 0.4) is 0 Å². The fraction of sp³-hybridized carbons (Fsp3) is 0.909. The molecule has 1 heterocycles. The lowest BCUT2D eigenvalue weighted by molar-refractivity contribution is -0.155. The third kappa shape index (κ3) is 2.71. The van der Waals surface area contributed by atoms with E-state index in [-0.39, 0.29) is 23.4 Å². The molecule has 0 amide bonds. The van der Waals surface area contributed by atoms with Crippen molar-refractivity contribution in [3.63, 3.8) is 0 Å². The lowest BCUT2D eigenvalue weighted by Gasteiger charge is -2.27. The van der Waals surface area contributed by atoms with Crippen LogP contribution in [0.1, 0.15) is 47.0 Å². The second kappa shape index (κ2) is 3.69. The van der Waals surface area contributed by atoms with E-state index in [1.807, 2.05) is 6.92 Å². The van der Waals surface area contributed by atoms with Crippen LogP contribution in [0.5, 0.6) is 0 Å². The molecule has 2 nitrogen and oxygen atoms in total. The maximum atomic E-state index is 11.6. The zero-order valence-corrected chi connectivity index (χ0v) is 9.09. The quantitative estimate of drug-likeness (QED) is 0.541. The summed E-state index contributed by atoms with van der Waals surface area (Å²) in [5.74, 6) is 0.0787. The van der Waals surface area contributed by atoms with Crippen molar-refractivity contribution >= 4 is 5.97 Å². The molecule has 13 heavy (non-hydrogen) atoms. The van der Waals surface area contributed by atoms with Crippen molar-refractivity contribution in [1.82, 2.24) is 0 Å². The molecule has 0 saturated carbocycles. The van der Waals surface area contributed by atoms with Crippen molar-refractivity contribution < 1.29 is 9.53 Å². The van der Waals surface area contributed by atoms with Gasteiger partial charge in [-0.1, -0.05) is 20.8 Å². The molecule has 1 aliphatic heterocycles. The lowest BCUT2D eigenvalue weighted by Crippen LogP contribution is -2.29. The number of esters is 1. The molecular formula is C11H20O2. The van der Waals surface area contributed by atoms with Crippen LogP contribution >= 0.6 is 0 Å². The van der Waals surface area contributed by atoms with E-state index in [2.05, 4.69) is 20.8 Å². The minimum Gasteiger partial charge on any atom is -0.462 e. The molecule has 0 aromatic heterocycles. The van der Waals surface area contributed by atoms with Crippen LogP contribution in [-0.4, -0.2) is 12.1 Å². The molecule has 2 atom stereocenters. The summed E-state index contributed by atoms with van der Waals surface area (Å²) in [6.07, 6.45) is 3.21. The molecule has 0 aliphatic carbocycles. The van der Waals surface area contributed by atoms with E-state index in [0.717, 1.165) is 19.3 Å². The first-order valence-electron chi connectivity index (χ1n) is 5.12. The maximum absolute atomic E-state index is 11.6. The van der Waals surface area contributed by atoms with Gasteiger partial charge in [0.05, 0.1) is 12.0 Å². The first-order valence-corrected chi connectivity index (χ1v) is 5.12. The largest absolute Gasteiger partial charge is 0.462 e. The van der Waals surface area contributed by atoms with Gasteiger partial charge in [-0.2, -0.15) is 0 Å². The molecule has 1 saturated heterocycles. The Labute approximate surface area is 80.7 Å². The van der Waals surface area contributed by atoms with Gasteiger partial charge in [0, 0.05) is 0 Å². The van der Waals surface area contributed by atoms with E-state index in [0.29, 0.717) is 0 Å². The second-order valence-electron chi connectivity index (χ2n) is 5.10. The van der Waals surface area contributed by atoms with E-state index in [9.17, 15) is 4.79 Å². The zero-order chi connectivity index (χ0) is 10.1. The Morgan fingerprint density at radius 1 is 1.31 bits per heavy atom. The number of hydrogen-bond donors (Lipinski definition) is 0. The van der Waals surface area contributed by atoms with Crippen molar-refractivity contribution in [2.45, 2.75) is 53.1 Å². The Morgan fingerprint density at radius 3 is 2.46 bits per heavy atom. The highest BCUT2D eigenvalue weighted by atomic mass is 16.5. The van der Waals surface area contributed by atoms with Crippen LogP contribution in [0.25, 0.3) is 0 Å². The smallest absolute Gasteiger partial charge is 0.309 e. The molecule has 2 heteroatoms. The standard InChI is InChI=1S/C11H20O2/c1-8-6-5-7-9(10(12)13-8)11(2,3)4/h8-9H,5-7H2,1-4H3. The third-order valence-corrected chi connectivity index (χ3v) is 2.75. The van der Waals surface area contributed by atoms with Gasteiger partial charge >= 0.3 is 5.97 Å². The van der Waals surface area contributed by atoms with Gasteiger partial charge in [0.25, 0.3) is 0 Å². The number of ether oxygens (including phenoxy) is 1. The maximum Gasteiger partial charge on any atom is 0.309 e. The highest BCUT2D eigenvalue weighted by Crippen LogP contribution is 2.33. The Bertz CT molecular complexity index is 191. The molecule has 2 unspecified atom stereocenters. The normalized spacial score (nSPS) is 30.9. The topological polar surface area (TPSA) is 26.3 Å². The minimum atomic E-state index is -0.00231. The van der Waals surface area contributed by atoms with Gasteiger partial charge in [0.15, 0.2) is 0 Å². The molecule has 0 spiro atoms. The van der Waals surface area contributed by atoms with Crippen LogP contribution in [0.15, 0.2) is 0 Å². The van der Waals surface area contributed by atoms with E-state index in [1.165, 1.54) is 0 Å². The first kappa shape index (κ1) is 10.6. The fourth-order valence-electron chi connectivity index (χ4n) is 1.85. The number of carbonyl (C=O) groups is 1. The molecule has 1 fully saturated rings. The number of rotatable bonds is 0. The summed E-state index contributed by atoms with van der Waals surface area (Å²) in [5, 5.41) is 0. The molecule has 0 aromatic rings. The van der Waals surface area contributed by atoms with Gasteiger partial charge in [0.1, 0.15) is 0 Å². The van der Waals surface area contributed by atoms with Crippen molar-refractivity contribution in [2.75, 3.05) is 0 Å². The molecule has 1 aliphatic rings. The van der Waals surface area contributed by atoms with Gasteiger partial charge < -0.3 is 4.74 Å². The molecule has 0 aromatic carbocycles. The number of carbonyl (C=O) groups excluding carboxylic acids is 1. The van der Waals surface area contributed by atoms with Gasteiger partial charge in [0.2, 0.25) is 0 Å². The average molecular weight is 184 g/mol. The summed E-state index contributed by atoms with van der Waals surface area (Å²) < 4.78 is 5.31. The fourth-order valence-corrected chi connectivity index (χ4v) is 1.85. The van der Waals surface area contributed by atoms with Crippen LogP contribution in [0, 0.1) is 11.3 Å². The highest BCUT2D eigenvalue weighted by molar-refractivity contribution is 5.73. The monoisotopic (exact) mass is 184 g/mol. The van der Waals surface area contributed by atoms with Crippen molar-refractivity contribution in [2.24, 2.45) is 11.3 Å². The van der Waals surface area contributed by atoms with Crippen LogP contribution in [0.4, 0.5) is 0 Å². The van der Waals surface area contributed by atoms with Crippen LogP contribution in [0.2, 0.25) is 0 Å². The van der Waals surface area contributed by atoms with E-state index < -0.39 is 0 Å². The Hall–Kier alpha value is -0.530. The molecule has 0 bridgehead atoms. The Morgan fingerprint density at radius 2 is 1.92 bits per heavy atom. The SMILES string of the molecule is CC1CCCC(C(C)(C)C)C(=O)O1. The summed E-state index contributed by atoms with van der Waals surface area (Å²) >= 11 is 0. The summed E-state index contributed by atoms with van der Waals surface area (Å²) in [6.45, 7) is 8.29. The van der Waals surface area contributed by atoms with Gasteiger partial charge in [-0.25, -0.2) is 0 Å². The summed E-state index contributed by atoms with van der Waals surface area (Å²) in [4.78, 5) is 11.6. The molecule has 0 N–H and O–H groups in total. The third-order valence-electron chi connectivity index (χ3n) is 2.75. The van der Waals surface area contributed by atoms with E-state index >= 15 is 0 Å².